The molecule has 41 heavy (non-hydrogen) atoms. The zero-order valence-electron chi connectivity index (χ0n) is 24.5. The van der Waals surface area contributed by atoms with Gasteiger partial charge in [0.25, 0.3) is 0 Å². The molecule has 2 aromatic heterocycles. The number of H-pyrrole nitrogens is 1. The molecule has 1 aliphatic rings. The SMILES string of the molecule is Cc1cc(N(c2ccccc2S(=O)(=O)C(C)C)c2nc(N)nc3[nH]ncc23)c(OC(C)C)cc1C1CCN(C)CC1. The highest BCUT2D eigenvalue weighted by Gasteiger charge is 2.31. The van der Waals surface area contributed by atoms with Crippen LogP contribution >= 0.6 is 0 Å². The monoisotopic (exact) mass is 577 g/mol. The highest BCUT2D eigenvalue weighted by Crippen LogP contribution is 2.47. The zero-order chi connectivity index (χ0) is 29.5. The van der Waals surface area contributed by atoms with Crippen molar-refractivity contribution in [3.05, 3.63) is 53.7 Å². The second kappa shape index (κ2) is 11.3. The topological polar surface area (TPSA) is 130 Å². The molecule has 4 aromatic rings. The van der Waals surface area contributed by atoms with E-state index in [0.717, 1.165) is 31.5 Å². The van der Waals surface area contributed by atoms with E-state index in [1.807, 2.05) is 24.8 Å². The molecule has 218 valence electrons. The van der Waals surface area contributed by atoms with Gasteiger partial charge in [0, 0.05) is 0 Å². The second-order valence-corrected chi connectivity index (χ2v) is 13.8. The summed E-state index contributed by atoms with van der Waals surface area (Å²) < 4.78 is 33.8. The van der Waals surface area contributed by atoms with Crippen molar-refractivity contribution in [2.24, 2.45) is 0 Å². The zero-order valence-corrected chi connectivity index (χ0v) is 25.4. The van der Waals surface area contributed by atoms with Gasteiger partial charge in [0.05, 0.1) is 39.2 Å². The molecule has 3 N–H and O–H groups in total. The van der Waals surface area contributed by atoms with Crippen molar-refractivity contribution >= 4 is 44.0 Å². The van der Waals surface area contributed by atoms with Crippen LogP contribution in [0.4, 0.5) is 23.1 Å². The van der Waals surface area contributed by atoms with Gasteiger partial charge in [0.2, 0.25) is 5.95 Å². The van der Waals surface area contributed by atoms with Crippen molar-refractivity contribution in [3.63, 3.8) is 0 Å². The number of aromatic nitrogens is 4. The number of ether oxygens (including phenoxy) is 1. The van der Waals surface area contributed by atoms with E-state index in [9.17, 15) is 8.42 Å². The van der Waals surface area contributed by atoms with E-state index in [4.69, 9.17) is 10.5 Å². The van der Waals surface area contributed by atoms with Crippen molar-refractivity contribution in [2.45, 2.75) is 69.6 Å². The minimum Gasteiger partial charge on any atom is -0.489 e. The molecule has 0 atom stereocenters. The average molecular weight is 578 g/mol. The van der Waals surface area contributed by atoms with Crippen LogP contribution in [0.1, 0.15) is 57.6 Å². The van der Waals surface area contributed by atoms with E-state index in [-0.39, 0.29) is 16.9 Å². The summed E-state index contributed by atoms with van der Waals surface area (Å²) in [6, 6.07) is 11.2. The van der Waals surface area contributed by atoms with Gasteiger partial charge in [-0.05, 0) is 109 Å². The Kier molecular flexibility index (Phi) is 7.93. The smallest absolute Gasteiger partial charge is 0.224 e. The van der Waals surface area contributed by atoms with E-state index in [0.29, 0.717) is 39.9 Å². The normalized spacial score (nSPS) is 15.2. The fourth-order valence-electron chi connectivity index (χ4n) is 5.47. The minimum absolute atomic E-state index is 0.0388. The molecule has 3 heterocycles. The van der Waals surface area contributed by atoms with Crippen molar-refractivity contribution in [3.8, 4) is 5.75 Å². The highest BCUT2D eigenvalue weighted by atomic mass is 32.2. The molecule has 0 bridgehead atoms. The van der Waals surface area contributed by atoms with Gasteiger partial charge in [-0.3, -0.25) is 10.00 Å². The number of nitrogens with two attached hydrogens (primary N) is 1. The quantitative estimate of drug-likeness (QED) is 0.279. The van der Waals surface area contributed by atoms with E-state index in [1.165, 1.54) is 5.56 Å². The Morgan fingerprint density at radius 3 is 2.46 bits per heavy atom. The number of rotatable bonds is 8. The van der Waals surface area contributed by atoms with E-state index in [2.05, 4.69) is 51.2 Å². The third-order valence-electron chi connectivity index (χ3n) is 7.66. The molecule has 0 unspecified atom stereocenters. The number of nitrogens with one attached hydrogen (secondary N) is 1. The van der Waals surface area contributed by atoms with Crippen molar-refractivity contribution in [2.75, 3.05) is 30.8 Å². The summed E-state index contributed by atoms with van der Waals surface area (Å²) in [4.78, 5) is 13.3. The van der Waals surface area contributed by atoms with Gasteiger partial charge in [-0.15, -0.1) is 0 Å². The lowest BCUT2D eigenvalue weighted by Gasteiger charge is -2.33. The van der Waals surface area contributed by atoms with Crippen LogP contribution in [0.2, 0.25) is 0 Å². The molecule has 11 heteroatoms. The van der Waals surface area contributed by atoms with Crippen LogP contribution in [-0.2, 0) is 9.84 Å². The maximum Gasteiger partial charge on any atom is 0.224 e. The molecule has 0 spiro atoms. The lowest BCUT2D eigenvalue weighted by Crippen LogP contribution is -2.29. The number of aryl methyl sites for hydroxylation is 1. The number of piperidine rings is 1. The predicted molar refractivity (Wildman–Crippen MR) is 163 cm³/mol. The fourth-order valence-corrected chi connectivity index (χ4v) is 6.70. The number of sulfone groups is 1. The van der Waals surface area contributed by atoms with Crippen LogP contribution in [0.25, 0.3) is 11.0 Å². The minimum atomic E-state index is -3.68. The first kappa shape index (κ1) is 28.8. The van der Waals surface area contributed by atoms with Crippen LogP contribution in [0.5, 0.6) is 5.75 Å². The number of fused-ring (bicyclic) bond motifs is 1. The van der Waals surface area contributed by atoms with Crippen LogP contribution < -0.4 is 15.4 Å². The fraction of sp³-hybridized carbons (Fsp3) is 0.433. The van der Waals surface area contributed by atoms with Gasteiger partial charge in [0.1, 0.15) is 5.75 Å². The van der Waals surface area contributed by atoms with Gasteiger partial charge in [0.15, 0.2) is 21.3 Å². The predicted octanol–water partition coefficient (Wildman–Crippen LogP) is 5.49. The van der Waals surface area contributed by atoms with Gasteiger partial charge >= 0.3 is 0 Å². The number of nitrogens with zero attached hydrogens (tertiary/aromatic N) is 5. The van der Waals surface area contributed by atoms with Crippen LogP contribution in [0, 0.1) is 6.92 Å². The van der Waals surface area contributed by atoms with Crippen molar-refractivity contribution < 1.29 is 13.2 Å². The molecule has 10 nitrogen and oxygen atoms in total. The molecule has 1 aliphatic heterocycles. The Labute approximate surface area is 241 Å². The van der Waals surface area contributed by atoms with Gasteiger partial charge in [-0.1, -0.05) is 12.1 Å². The standard InChI is InChI=1S/C30H39N7O3S/c1-18(2)40-26-16-22(21-11-13-36(6)14-12-21)20(5)15-25(26)37(29-23-17-32-35-28(23)33-30(31)34-29)24-9-7-8-10-27(24)41(38,39)19(3)4/h7-10,15-19,21H,11-14H2,1-6H3,(H3,31,32,33,34,35). The third-order valence-corrected chi connectivity index (χ3v) is 9.86. The largest absolute Gasteiger partial charge is 0.489 e. The molecule has 2 aromatic carbocycles. The number of benzene rings is 2. The Bertz CT molecular complexity index is 1660. The number of aromatic amines is 1. The number of hydrogen-bond acceptors (Lipinski definition) is 9. The Morgan fingerprint density at radius 2 is 1.78 bits per heavy atom. The first-order chi connectivity index (χ1) is 19.5. The molecule has 1 saturated heterocycles. The van der Waals surface area contributed by atoms with Crippen molar-refractivity contribution in [1.82, 2.24) is 25.1 Å². The lowest BCUT2D eigenvalue weighted by molar-refractivity contribution is 0.240. The first-order valence-corrected chi connectivity index (χ1v) is 15.6. The lowest BCUT2D eigenvalue weighted by atomic mass is 9.86. The Balaban J connectivity index is 1.81. The number of nitrogen functional groups attached to an aromatic ring is 1. The van der Waals surface area contributed by atoms with Crippen molar-refractivity contribution in [1.29, 1.82) is 0 Å². The number of para-hydroxylation sites is 1. The van der Waals surface area contributed by atoms with Crippen LogP contribution in [0.3, 0.4) is 0 Å². The van der Waals surface area contributed by atoms with Crippen LogP contribution in [-0.4, -0.2) is 65.0 Å². The van der Waals surface area contributed by atoms with Gasteiger partial charge < -0.3 is 15.4 Å². The number of likely N-dealkylation sites (tertiary alicyclic amines) is 1. The molecule has 0 radical (unpaired) electrons. The molecule has 0 saturated carbocycles. The first-order valence-electron chi connectivity index (χ1n) is 14.1. The molecule has 1 fully saturated rings. The highest BCUT2D eigenvalue weighted by molar-refractivity contribution is 7.92. The number of anilines is 4. The summed E-state index contributed by atoms with van der Waals surface area (Å²) in [6.07, 6.45) is 3.63. The summed E-state index contributed by atoms with van der Waals surface area (Å²) in [5.41, 5.74) is 10.1. The third kappa shape index (κ3) is 5.60. The summed E-state index contributed by atoms with van der Waals surface area (Å²) in [5.74, 6) is 1.50. The van der Waals surface area contributed by atoms with Gasteiger partial charge in [-0.25, -0.2) is 8.42 Å². The van der Waals surface area contributed by atoms with Gasteiger partial charge in [-0.2, -0.15) is 15.1 Å². The summed E-state index contributed by atoms with van der Waals surface area (Å²) in [6.45, 7) is 11.5. The molecule has 5 rings (SSSR count). The molecular weight excluding hydrogens is 538 g/mol. The Hall–Kier alpha value is -3.70. The molecular formula is C30H39N7O3S. The van der Waals surface area contributed by atoms with E-state index < -0.39 is 15.1 Å². The molecule has 0 amide bonds. The maximum atomic E-state index is 13.7. The average Bonchev–Trinajstić information content (AvgIpc) is 3.39. The van der Waals surface area contributed by atoms with E-state index >= 15 is 0 Å². The summed E-state index contributed by atoms with van der Waals surface area (Å²) in [5, 5.41) is 7.02. The van der Waals surface area contributed by atoms with Crippen LogP contribution in [0.15, 0.2) is 47.5 Å². The van der Waals surface area contributed by atoms with E-state index in [1.54, 1.807) is 38.2 Å². The Morgan fingerprint density at radius 1 is 1.07 bits per heavy atom. The summed E-state index contributed by atoms with van der Waals surface area (Å²) >= 11 is 0. The number of hydrogen-bond donors (Lipinski definition) is 2. The maximum absolute atomic E-state index is 13.7. The second-order valence-electron chi connectivity index (χ2n) is 11.4. The summed E-state index contributed by atoms with van der Waals surface area (Å²) in [7, 11) is -1.52. The molecule has 0 aliphatic carbocycles.